The second kappa shape index (κ2) is 6.31. The molecule has 0 aromatic heterocycles. The minimum Gasteiger partial charge on any atom is -0.398 e. The molecule has 0 heterocycles. The zero-order chi connectivity index (χ0) is 12.9. The molecule has 0 aliphatic heterocycles. The largest absolute Gasteiger partial charge is 0.398 e. The summed E-state index contributed by atoms with van der Waals surface area (Å²) >= 11 is 1.75. The van der Waals surface area contributed by atoms with Gasteiger partial charge >= 0.3 is 0 Å². The van der Waals surface area contributed by atoms with Crippen molar-refractivity contribution in [3.8, 4) is 0 Å². The number of thioether (sulfide) groups is 1. The summed E-state index contributed by atoms with van der Waals surface area (Å²) in [5.41, 5.74) is 7.08. The standard InChI is InChI=1S/C12H19NO2S2/c1-3-16-7-4-8-17(14,15)12-6-5-10(2)9-11(12)13/h5-6,9H,3-4,7-8,13H2,1-2H3. The van der Waals surface area contributed by atoms with Crippen molar-refractivity contribution in [2.45, 2.75) is 25.2 Å². The van der Waals surface area contributed by atoms with E-state index in [-0.39, 0.29) is 10.6 Å². The third-order valence-electron chi connectivity index (χ3n) is 2.41. The van der Waals surface area contributed by atoms with E-state index in [0.717, 1.165) is 17.1 Å². The minimum atomic E-state index is -3.23. The lowest BCUT2D eigenvalue weighted by Gasteiger charge is -2.08. The summed E-state index contributed by atoms with van der Waals surface area (Å²) in [6.07, 6.45) is 0.675. The first-order valence-corrected chi connectivity index (χ1v) is 8.44. The molecule has 0 radical (unpaired) electrons. The Kier molecular flexibility index (Phi) is 5.33. The predicted octanol–water partition coefficient (Wildman–Crippen LogP) is 2.49. The van der Waals surface area contributed by atoms with E-state index >= 15 is 0 Å². The Balaban J connectivity index is 2.76. The van der Waals surface area contributed by atoms with Crippen LogP contribution in [0.4, 0.5) is 5.69 Å². The van der Waals surface area contributed by atoms with Gasteiger partial charge in [-0.05, 0) is 42.5 Å². The predicted molar refractivity (Wildman–Crippen MR) is 75.3 cm³/mol. The number of nitrogen functional groups attached to an aromatic ring is 1. The Morgan fingerprint density at radius 3 is 2.65 bits per heavy atom. The molecule has 17 heavy (non-hydrogen) atoms. The molecule has 0 saturated carbocycles. The van der Waals surface area contributed by atoms with E-state index in [1.165, 1.54) is 0 Å². The molecule has 3 nitrogen and oxygen atoms in total. The molecule has 1 aromatic rings. The van der Waals surface area contributed by atoms with Crippen molar-refractivity contribution in [1.29, 1.82) is 0 Å². The molecule has 0 saturated heterocycles. The molecular formula is C12H19NO2S2. The molecule has 2 N–H and O–H groups in total. The molecule has 0 atom stereocenters. The summed E-state index contributed by atoms with van der Waals surface area (Å²) in [6.45, 7) is 3.96. The highest BCUT2D eigenvalue weighted by Gasteiger charge is 2.16. The quantitative estimate of drug-likeness (QED) is 0.639. The van der Waals surface area contributed by atoms with Crippen LogP contribution in [0.5, 0.6) is 0 Å². The van der Waals surface area contributed by atoms with E-state index in [4.69, 9.17) is 5.73 Å². The molecule has 5 heteroatoms. The summed E-state index contributed by atoms with van der Waals surface area (Å²) in [5.74, 6) is 2.07. The fourth-order valence-electron chi connectivity index (χ4n) is 1.56. The number of hydrogen-bond donors (Lipinski definition) is 1. The Bertz CT molecular complexity index is 469. The summed E-state index contributed by atoms with van der Waals surface area (Å²) in [6, 6.07) is 5.09. The zero-order valence-corrected chi connectivity index (χ0v) is 11.9. The number of anilines is 1. The van der Waals surface area contributed by atoms with Crippen LogP contribution < -0.4 is 5.73 Å². The number of benzene rings is 1. The maximum Gasteiger partial charge on any atom is 0.180 e. The maximum absolute atomic E-state index is 12.0. The molecular weight excluding hydrogens is 254 g/mol. The lowest BCUT2D eigenvalue weighted by Crippen LogP contribution is -2.10. The second-order valence-corrected chi connectivity index (χ2v) is 7.38. The first kappa shape index (κ1) is 14.4. The number of aryl methyl sites for hydroxylation is 1. The fourth-order valence-corrected chi connectivity index (χ4v) is 3.81. The van der Waals surface area contributed by atoms with Gasteiger partial charge in [0, 0.05) is 0 Å². The van der Waals surface area contributed by atoms with Crippen LogP contribution in [-0.2, 0) is 9.84 Å². The first-order chi connectivity index (χ1) is 7.97. The van der Waals surface area contributed by atoms with Gasteiger partial charge in [-0.2, -0.15) is 11.8 Å². The highest BCUT2D eigenvalue weighted by atomic mass is 32.2. The van der Waals surface area contributed by atoms with Crippen molar-refractivity contribution < 1.29 is 8.42 Å². The van der Waals surface area contributed by atoms with E-state index in [9.17, 15) is 8.42 Å². The Morgan fingerprint density at radius 1 is 1.35 bits per heavy atom. The van der Waals surface area contributed by atoms with E-state index in [1.54, 1.807) is 30.0 Å². The van der Waals surface area contributed by atoms with Gasteiger partial charge in [-0.15, -0.1) is 0 Å². The summed E-state index contributed by atoms with van der Waals surface area (Å²) in [4.78, 5) is 0.268. The van der Waals surface area contributed by atoms with Gasteiger partial charge in [0.15, 0.2) is 9.84 Å². The average molecular weight is 273 g/mol. The number of hydrogen-bond acceptors (Lipinski definition) is 4. The molecule has 0 aliphatic rings. The lowest BCUT2D eigenvalue weighted by atomic mass is 10.2. The van der Waals surface area contributed by atoms with Gasteiger partial charge in [-0.3, -0.25) is 0 Å². The molecule has 96 valence electrons. The molecule has 0 aliphatic carbocycles. The van der Waals surface area contributed by atoms with Crippen LogP contribution in [0.2, 0.25) is 0 Å². The molecule has 0 unspecified atom stereocenters. The van der Waals surface area contributed by atoms with E-state index in [2.05, 4.69) is 6.92 Å². The summed E-state index contributed by atoms with van der Waals surface area (Å²) in [5, 5.41) is 0. The van der Waals surface area contributed by atoms with Crippen molar-refractivity contribution in [2.75, 3.05) is 23.0 Å². The van der Waals surface area contributed by atoms with Crippen molar-refractivity contribution >= 4 is 27.3 Å². The van der Waals surface area contributed by atoms with Crippen LogP contribution in [0.25, 0.3) is 0 Å². The van der Waals surface area contributed by atoms with Gasteiger partial charge in [0.25, 0.3) is 0 Å². The van der Waals surface area contributed by atoms with Gasteiger partial charge in [-0.25, -0.2) is 8.42 Å². The smallest absolute Gasteiger partial charge is 0.180 e. The van der Waals surface area contributed by atoms with Crippen molar-refractivity contribution in [2.24, 2.45) is 0 Å². The molecule has 0 amide bonds. The maximum atomic E-state index is 12.0. The molecule has 0 spiro atoms. The Hall–Kier alpha value is -0.680. The zero-order valence-electron chi connectivity index (χ0n) is 10.3. The SMILES string of the molecule is CCSCCCS(=O)(=O)c1ccc(C)cc1N. The van der Waals surface area contributed by atoms with Crippen LogP contribution in [0, 0.1) is 6.92 Å². The Morgan fingerprint density at radius 2 is 2.06 bits per heavy atom. The average Bonchev–Trinajstić information content (AvgIpc) is 2.24. The van der Waals surface area contributed by atoms with E-state index < -0.39 is 9.84 Å². The van der Waals surface area contributed by atoms with Crippen molar-refractivity contribution in [1.82, 2.24) is 0 Å². The summed E-state index contributed by atoms with van der Waals surface area (Å²) < 4.78 is 24.1. The molecule has 0 bridgehead atoms. The van der Waals surface area contributed by atoms with Crippen LogP contribution >= 0.6 is 11.8 Å². The fraction of sp³-hybridized carbons (Fsp3) is 0.500. The van der Waals surface area contributed by atoms with Gasteiger partial charge in [0.05, 0.1) is 16.3 Å². The third kappa shape index (κ3) is 4.24. The van der Waals surface area contributed by atoms with Crippen molar-refractivity contribution in [3.63, 3.8) is 0 Å². The van der Waals surface area contributed by atoms with Gasteiger partial charge in [0.2, 0.25) is 0 Å². The van der Waals surface area contributed by atoms with Gasteiger partial charge < -0.3 is 5.73 Å². The van der Waals surface area contributed by atoms with Crippen LogP contribution in [-0.4, -0.2) is 25.7 Å². The van der Waals surface area contributed by atoms with Gasteiger partial charge in [0.1, 0.15) is 0 Å². The first-order valence-electron chi connectivity index (χ1n) is 5.64. The molecule has 1 rings (SSSR count). The minimum absolute atomic E-state index is 0.174. The normalized spacial score (nSPS) is 11.6. The molecule has 1 aromatic carbocycles. The lowest BCUT2D eigenvalue weighted by molar-refractivity contribution is 0.595. The highest BCUT2D eigenvalue weighted by molar-refractivity contribution is 7.99. The number of rotatable bonds is 6. The Labute approximate surface area is 108 Å². The van der Waals surface area contributed by atoms with E-state index in [0.29, 0.717) is 12.1 Å². The number of sulfone groups is 1. The third-order valence-corrected chi connectivity index (χ3v) is 5.26. The number of nitrogens with two attached hydrogens (primary N) is 1. The molecule has 0 fully saturated rings. The van der Waals surface area contributed by atoms with Crippen LogP contribution in [0.3, 0.4) is 0 Å². The summed E-state index contributed by atoms with van der Waals surface area (Å²) in [7, 11) is -3.23. The monoisotopic (exact) mass is 273 g/mol. The van der Waals surface area contributed by atoms with Crippen molar-refractivity contribution in [3.05, 3.63) is 23.8 Å². The highest BCUT2D eigenvalue weighted by Crippen LogP contribution is 2.21. The second-order valence-electron chi connectivity index (χ2n) is 3.91. The van der Waals surface area contributed by atoms with Crippen LogP contribution in [0.1, 0.15) is 18.9 Å². The topological polar surface area (TPSA) is 60.2 Å². The van der Waals surface area contributed by atoms with Crippen LogP contribution in [0.15, 0.2) is 23.1 Å². The van der Waals surface area contributed by atoms with Gasteiger partial charge in [-0.1, -0.05) is 13.0 Å². The van der Waals surface area contributed by atoms with E-state index in [1.807, 2.05) is 6.92 Å².